The Morgan fingerprint density at radius 3 is 2.48 bits per heavy atom. The number of aromatic nitrogens is 1. The van der Waals surface area contributed by atoms with E-state index in [1.807, 2.05) is 6.92 Å². The average molecular weight is 303 g/mol. The third-order valence-electron chi connectivity index (χ3n) is 2.89. The number of nitrogens with two attached hydrogens (primary N) is 1. The minimum absolute atomic E-state index is 0.139. The van der Waals surface area contributed by atoms with Crippen molar-refractivity contribution < 1.29 is 18.0 Å². The number of hydrogen-bond donors (Lipinski definition) is 1. The summed E-state index contributed by atoms with van der Waals surface area (Å²) in [6, 6.07) is 2.25. The molecule has 0 aliphatic rings. The van der Waals surface area contributed by atoms with E-state index in [9.17, 15) is 18.0 Å². The van der Waals surface area contributed by atoms with E-state index < -0.39 is 24.7 Å². The smallest absolute Gasteiger partial charge is 0.384 e. The molecule has 0 saturated carbocycles. The number of halogens is 3. The number of carbonyl (C=O) groups excluding carboxylic acids is 1. The number of anilines is 1. The van der Waals surface area contributed by atoms with Crippen LogP contribution >= 0.6 is 0 Å². The van der Waals surface area contributed by atoms with Crippen LogP contribution < -0.4 is 5.73 Å². The molecule has 0 bridgehead atoms. The lowest BCUT2D eigenvalue weighted by Crippen LogP contribution is -2.43. The van der Waals surface area contributed by atoms with Crippen LogP contribution in [0.3, 0.4) is 0 Å². The van der Waals surface area contributed by atoms with Crippen molar-refractivity contribution in [2.75, 3.05) is 12.3 Å². The van der Waals surface area contributed by atoms with Gasteiger partial charge in [-0.25, -0.2) is 4.98 Å². The summed E-state index contributed by atoms with van der Waals surface area (Å²) < 4.78 is 37.8. The Balaban J connectivity index is 3.09. The van der Waals surface area contributed by atoms with Gasteiger partial charge in [-0.3, -0.25) is 4.79 Å². The second-order valence-electron chi connectivity index (χ2n) is 5.16. The fraction of sp³-hybridized carbons (Fsp3) is 0.571. The molecule has 0 aliphatic heterocycles. The molecule has 1 amide bonds. The molecule has 1 rings (SSSR count). The van der Waals surface area contributed by atoms with E-state index in [1.165, 1.54) is 12.1 Å². The molecule has 7 heteroatoms. The monoisotopic (exact) mass is 303 g/mol. The van der Waals surface area contributed by atoms with Crippen LogP contribution in [0, 0.1) is 0 Å². The number of aryl methyl sites for hydroxylation is 1. The Kier molecular flexibility index (Phi) is 5.57. The van der Waals surface area contributed by atoms with Gasteiger partial charge in [0.2, 0.25) is 0 Å². The van der Waals surface area contributed by atoms with Crippen molar-refractivity contribution in [3.05, 3.63) is 23.4 Å². The van der Waals surface area contributed by atoms with Crippen molar-refractivity contribution in [1.29, 1.82) is 0 Å². The van der Waals surface area contributed by atoms with Crippen LogP contribution in [0.2, 0.25) is 0 Å². The molecule has 1 heterocycles. The second-order valence-corrected chi connectivity index (χ2v) is 5.16. The van der Waals surface area contributed by atoms with E-state index in [2.05, 4.69) is 4.98 Å². The lowest BCUT2D eigenvalue weighted by molar-refractivity contribution is -0.143. The van der Waals surface area contributed by atoms with Gasteiger partial charge in [0.25, 0.3) is 5.91 Å². The number of nitrogens with zero attached hydrogens (tertiary/aromatic N) is 2. The van der Waals surface area contributed by atoms with E-state index in [1.54, 1.807) is 13.8 Å². The number of nitrogen functional groups attached to an aromatic ring is 1. The normalized spacial score (nSPS) is 11.8. The first kappa shape index (κ1) is 17.3. The van der Waals surface area contributed by atoms with E-state index >= 15 is 0 Å². The Morgan fingerprint density at radius 2 is 2.00 bits per heavy atom. The zero-order chi connectivity index (χ0) is 16.2. The molecule has 1 aromatic rings. The maximum atomic E-state index is 12.6. The van der Waals surface area contributed by atoms with Crippen molar-refractivity contribution in [1.82, 2.24) is 9.88 Å². The summed E-state index contributed by atoms with van der Waals surface area (Å²) in [6.45, 7) is 3.74. The summed E-state index contributed by atoms with van der Waals surface area (Å²) in [4.78, 5) is 17.2. The van der Waals surface area contributed by atoms with Crippen LogP contribution in [0.4, 0.5) is 19.0 Å². The molecular weight excluding hydrogens is 283 g/mol. The molecule has 0 aliphatic carbocycles. The van der Waals surface area contributed by atoms with Crippen LogP contribution in [0.5, 0.6) is 0 Å². The summed E-state index contributed by atoms with van der Waals surface area (Å²) >= 11 is 0. The van der Waals surface area contributed by atoms with E-state index in [4.69, 9.17) is 5.73 Å². The molecule has 21 heavy (non-hydrogen) atoms. The molecule has 0 fully saturated rings. The molecule has 4 nitrogen and oxygen atoms in total. The summed E-state index contributed by atoms with van der Waals surface area (Å²) in [5, 5.41) is 0. The van der Waals surface area contributed by atoms with Gasteiger partial charge in [0.05, 0.1) is 0 Å². The van der Waals surface area contributed by atoms with Gasteiger partial charge >= 0.3 is 6.18 Å². The number of carbonyl (C=O) groups is 1. The van der Waals surface area contributed by atoms with E-state index in [0.717, 1.165) is 11.3 Å². The third kappa shape index (κ3) is 5.24. The summed E-state index contributed by atoms with van der Waals surface area (Å²) in [6.07, 6.45) is -3.02. The average Bonchev–Trinajstić information content (AvgIpc) is 2.33. The van der Waals surface area contributed by atoms with Crippen molar-refractivity contribution >= 4 is 11.7 Å². The first-order valence-electron chi connectivity index (χ1n) is 6.78. The minimum atomic E-state index is -4.44. The molecule has 118 valence electrons. The SMILES string of the molecule is CCCc1cc(C(=O)N(CC(F)(F)F)C(C)C)cc(N)n1. The maximum absolute atomic E-state index is 12.6. The molecule has 2 N–H and O–H groups in total. The van der Waals surface area contributed by atoms with Gasteiger partial charge in [-0.15, -0.1) is 0 Å². The van der Waals surface area contributed by atoms with Crippen LogP contribution in [0.25, 0.3) is 0 Å². The maximum Gasteiger partial charge on any atom is 0.406 e. The molecular formula is C14H20F3N3O. The molecule has 0 unspecified atom stereocenters. The lowest BCUT2D eigenvalue weighted by Gasteiger charge is -2.28. The van der Waals surface area contributed by atoms with Gasteiger partial charge in [-0.05, 0) is 32.4 Å². The Bertz CT molecular complexity index is 501. The predicted molar refractivity (Wildman–Crippen MR) is 74.9 cm³/mol. The first-order valence-corrected chi connectivity index (χ1v) is 6.78. The van der Waals surface area contributed by atoms with Crippen LogP contribution in [-0.4, -0.2) is 34.6 Å². The van der Waals surface area contributed by atoms with Crippen molar-refractivity contribution in [3.63, 3.8) is 0 Å². The number of rotatable bonds is 5. The molecule has 0 atom stereocenters. The standard InChI is InChI=1S/C14H20F3N3O/c1-4-5-11-6-10(7-12(18)19-11)13(21)20(9(2)3)8-14(15,16)17/h6-7,9H,4-5,8H2,1-3H3,(H2,18,19). The summed E-state index contributed by atoms with van der Waals surface area (Å²) in [5.41, 5.74) is 6.38. The molecule has 0 saturated heterocycles. The number of alkyl halides is 3. The zero-order valence-electron chi connectivity index (χ0n) is 12.4. The lowest BCUT2D eigenvalue weighted by atomic mass is 10.1. The minimum Gasteiger partial charge on any atom is -0.384 e. The van der Waals surface area contributed by atoms with Crippen molar-refractivity contribution in [2.24, 2.45) is 0 Å². The van der Waals surface area contributed by atoms with Crippen LogP contribution in [-0.2, 0) is 6.42 Å². The van der Waals surface area contributed by atoms with Crippen LogP contribution in [0.1, 0.15) is 43.2 Å². The quantitative estimate of drug-likeness (QED) is 0.909. The Hall–Kier alpha value is -1.79. The highest BCUT2D eigenvalue weighted by atomic mass is 19.4. The van der Waals surface area contributed by atoms with Gasteiger partial charge in [-0.1, -0.05) is 13.3 Å². The fourth-order valence-corrected chi connectivity index (χ4v) is 1.97. The van der Waals surface area contributed by atoms with Gasteiger partial charge in [-0.2, -0.15) is 13.2 Å². The number of pyridine rings is 1. The van der Waals surface area contributed by atoms with Crippen molar-refractivity contribution in [2.45, 2.75) is 45.8 Å². The highest BCUT2D eigenvalue weighted by Crippen LogP contribution is 2.21. The Labute approximate surface area is 122 Å². The fourth-order valence-electron chi connectivity index (χ4n) is 1.97. The third-order valence-corrected chi connectivity index (χ3v) is 2.89. The summed E-state index contributed by atoms with van der Waals surface area (Å²) in [5.74, 6) is -0.547. The molecule has 0 spiro atoms. The molecule has 0 aromatic carbocycles. The highest BCUT2D eigenvalue weighted by Gasteiger charge is 2.34. The topological polar surface area (TPSA) is 59.2 Å². The second kappa shape index (κ2) is 6.78. The van der Waals surface area contributed by atoms with E-state index in [-0.39, 0.29) is 11.4 Å². The van der Waals surface area contributed by atoms with Gasteiger partial charge in [0.1, 0.15) is 12.4 Å². The van der Waals surface area contributed by atoms with E-state index in [0.29, 0.717) is 12.1 Å². The van der Waals surface area contributed by atoms with Crippen LogP contribution in [0.15, 0.2) is 12.1 Å². The highest BCUT2D eigenvalue weighted by molar-refractivity contribution is 5.95. The van der Waals surface area contributed by atoms with Gasteiger partial charge < -0.3 is 10.6 Å². The summed E-state index contributed by atoms with van der Waals surface area (Å²) in [7, 11) is 0. The van der Waals surface area contributed by atoms with Gasteiger partial charge in [0, 0.05) is 17.3 Å². The van der Waals surface area contributed by atoms with Crippen molar-refractivity contribution in [3.8, 4) is 0 Å². The molecule has 1 aromatic heterocycles. The molecule has 0 radical (unpaired) electrons. The number of hydrogen-bond acceptors (Lipinski definition) is 3. The zero-order valence-corrected chi connectivity index (χ0v) is 12.4. The number of amides is 1. The largest absolute Gasteiger partial charge is 0.406 e. The predicted octanol–water partition coefficient (Wildman–Crippen LogP) is 3.03. The first-order chi connectivity index (χ1) is 9.64. The Morgan fingerprint density at radius 1 is 1.38 bits per heavy atom. The van der Waals surface area contributed by atoms with Gasteiger partial charge in [0.15, 0.2) is 0 Å².